The summed E-state index contributed by atoms with van der Waals surface area (Å²) in [6.45, 7) is 6.61. The molecule has 1 aromatic heterocycles. The lowest BCUT2D eigenvalue weighted by molar-refractivity contribution is -0.139. The second kappa shape index (κ2) is 6.01. The van der Waals surface area contributed by atoms with Gasteiger partial charge in [-0.15, -0.1) is 0 Å². The quantitative estimate of drug-likeness (QED) is 0.767. The van der Waals surface area contributed by atoms with E-state index in [2.05, 4.69) is 20.8 Å². The number of rotatable bonds is 2. The number of fused-ring (bicyclic) bond motifs is 2. The Morgan fingerprint density at radius 1 is 1.31 bits per heavy atom. The Labute approximate surface area is 154 Å². The number of nitrogens with zero attached hydrogens (tertiary/aromatic N) is 2. The molecule has 1 aromatic rings. The van der Waals surface area contributed by atoms with Crippen molar-refractivity contribution in [1.82, 2.24) is 9.47 Å². The van der Waals surface area contributed by atoms with E-state index in [4.69, 9.17) is 11.6 Å². The lowest BCUT2D eigenvalue weighted by Gasteiger charge is -2.39. The highest BCUT2D eigenvalue weighted by Gasteiger charge is 2.50. The summed E-state index contributed by atoms with van der Waals surface area (Å²) in [5.74, 6) is -0.339. The molecule has 26 heavy (non-hydrogen) atoms. The third-order valence-corrected chi connectivity index (χ3v) is 5.68. The van der Waals surface area contributed by atoms with E-state index in [0.29, 0.717) is 18.8 Å². The second-order valence-corrected chi connectivity index (χ2v) is 9.15. The molecule has 1 saturated carbocycles. The summed E-state index contributed by atoms with van der Waals surface area (Å²) in [6, 6.07) is 0.658. The number of carbonyl (C=O) groups is 1. The molecule has 0 unspecified atom stereocenters. The van der Waals surface area contributed by atoms with E-state index >= 15 is 0 Å². The van der Waals surface area contributed by atoms with Crippen LogP contribution < -0.4 is 5.56 Å². The molecule has 1 aliphatic carbocycles. The highest BCUT2D eigenvalue weighted by atomic mass is 35.5. The molecule has 2 fully saturated rings. The van der Waals surface area contributed by atoms with Crippen molar-refractivity contribution < 1.29 is 18.0 Å². The number of amides is 1. The zero-order chi connectivity index (χ0) is 19.5. The Balaban J connectivity index is 1.85. The van der Waals surface area contributed by atoms with Crippen LogP contribution in [0.15, 0.2) is 17.1 Å². The van der Waals surface area contributed by atoms with Crippen molar-refractivity contribution in [3.63, 3.8) is 0 Å². The number of aromatic nitrogens is 1. The summed E-state index contributed by atoms with van der Waals surface area (Å²) in [5, 5.41) is -0.541. The Morgan fingerprint density at radius 2 is 1.96 bits per heavy atom. The van der Waals surface area contributed by atoms with E-state index in [1.165, 1.54) is 0 Å². The minimum Gasteiger partial charge on any atom is -0.338 e. The third-order valence-electron chi connectivity index (χ3n) is 5.41. The third kappa shape index (κ3) is 3.63. The Bertz CT molecular complexity index is 803. The number of halogens is 4. The van der Waals surface area contributed by atoms with Crippen LogP contribution in [-0.4, -0.2) is 28.0 Å². The van der Waals surface area contributed by atoms with Crippen LogP contribution >= 0.6 is 11.6 Å². The smallest absolute Gasteiger partial charge is 0.338 e. The van der Waals surface area contributed by atoms with Crippen molar-refractivity contribution in [3.05, 3.63) is 33.2 Å². The summed E-state index contributed by atoms with van der Waals surface area (Å²) in [5.41, 5.74) is -1.70. The van der Waals surface area contributed by atoms with Gasteiger partial charge in [-0.25, -0.2) is 0 Å². The van der Waals surface area contributed by atoms with Crippen LogP contribution in [0.3, 0.4) is 0 Å². The lowest BCUT2D eigenvalue weighted by Crippen LogP contribution is -2.40. The predicted octanol–water partition coefficient (Wildman–Crippen LogP) is 3.95. The van der Waals surface area contributed by atoms with E-state index in [1.807, 2.05) is 0 Å². The molecular formula is C18H22ClF3N2O2. The molecule has 1 aliphatic heterocycles. The van der Waals surface area contributed by atoms with Gasteiger partial charge in [-0.1, -0.05) is 32.4 Å². The Morgan fingerprint density at radius 3 is 2.58 bits per heavy atom. The standard InChI is InChI=1S/C18H22ClF3N2O2/c1-16(2)5-12-6-17(3,9-16)10-24(12)14(25)8-23-7-11(18(20,21)22)4-13(19)15(23)26/h4,7,12H,5-6,8-10H2,1-3H3/t12-,17-/m0/s1. The number of pyridine rings is 1. The van der Waals surface area contributed by atoms with Gasteiger partial charge in [0, 0.05) is 18.8 Å². The highest BCUT2D eigenvalue weighted by Crippen LogP contribution is 2.52. The first-order valence-corrected chi connectivity index (χ1v) is 8.94. The maximum Gasteiger partial charge on any atom is 0.417 e. The molecule has 2 heterocycles. The molecule has 1 amide bonds. The fourth-order valence-electron chi connectivity index (χ4n) is 4.86. The highest BCUT2D eigenvalue weighted by molar-refractivity contribution is 6.30. The van der Waals surface area contributed by atoms with Crippen LogP contribution in [-0.2, 0) is 17.5 Å². The lowest BCUT2D eigenvalue weighted by atomic mass is 9.65. The van der Waals surface area contributed by atoms with Crippen molar-refractivity contribution in [2.75, 3.05) is 6.54 Å². The normalized spacial score (nSPS) is 27.7. The molecule has 2 bridgehead atoms. The molecule has 0 aromatic carbocycles. The van der Waals surface area contributed by atoms with Crippen LogP contribution in [0.2, 0.25) is 5.02 Å². The number of hydrogen-bond donors (Lipinski definition) is 0. The monoisotopic (exact) mass is 390 g/mol. The van der Waals surface area contributed by atoms with Gasteiger partial charge < -0.3 is 9.47 Å². The maximum absolute atomic E-state index is 13.0. The van der Waals surface area contributed by atoms with Gasteiger partial charge in [0.15, 0.2) is 0 Å². The minimum absolute atomic E-state index is 0.0124. The molecule has 3 rings (SSSR count). The van der Waals surface area contributed by atoms with Crippen molar-refractivity contribution in [3.8, 4) is 0 Å². The summed E-state index contributed by atoms with van der Waals surface area (Å²) >= 11 is 5.66. The summed E-state index contributed by atoms with van der Waals surface area (Å²) < 4.78 is 39.6. The van der Waals surface area contributed by atoms with Crippen molar-refractivity contribution in [2.45, 2.75) is 58.8 Å². The van der Waals surface area contributed by atoms with Gasteiger partial charge >= 0.3 is 6.18 Å². The predicted molar refractivity (Wildman–Crippen MR) is 92.0 cm³/mol. The summed E-state index contributed by atoms with van der Waals surface area (Å²) in [6.07, 6.45) is -1.23. The first-order chi connectivity index (χ1) is 11.8. The second-order valence-electron chi connectivity index (χ2n) is 8.74. The number of alkyl halides is 3. The van der Waals surface area contributed by atoms with Gasteiger partial charge in [0.05, 0.1) is 5.56 Å². The molecule has 0 spiro atoms. The van der Waals surface area contributed by atoms with Crippen molar-refractivity contribution in [1.29, 1.82) is 0 Å². The van der Waals surface area contributed by atoms with E-state index in [-0.39, 0.29) is 22.8 Å². The van der Waals surface area contributed by atoms with Gasteiger partial charge in [-0.3, -0.25) is 9.59 Å². The number of carbonyl (C=O) groups excluding carboxylic acids is 1. The zero-order valence-electron chi connectivity index (χ0n) is 15.0. The first-order valence-electron chi connectivity index (χ1n) is 8.56. The summed E-state index contributed by atoms with van der Waals surface area (Å²) in [4.78, 5) is 26.6. The fraction of sp³-hybridized carbons (Fsp3) is 0.667. The fourth-order valence-corrected chi connectivity index (χ4v) is 5.09. The van der Waals surface area contributed by atoms with Gasteiger partial charge in [0.25, 0.3) is 5.56 Å². The SMILES string of the molecule is CC1(C)C[C@H]2C[C@](C)(CN2C(=O)Cn2cc(C(F)(F)F)cc(Cl)c2=O)C1. The summed E-state index contributed by atoms with van der Waals surface area (Å²) in [7, 11) is 0. The molecule has 8 heteroatoms. The Hall–Kier alpha value is -1.50. The molecule has 0 radical (unpaired) electrons. The van der Waals surface area contributed by atoms with Gasteiger partial charge in [-0.05, 0) is 36.2 Å². The minimum atomic E-state index is -4.64. The van der Waals surface area contributed by atoms with Gasteiger partial charge in [-0.2, -0.15) is 13.2 Å². The molecule has 2 aliphatic rings. The van der Waals surface area contributed by atoms with Crippen LogP contribution in [0.4, 0.5) is 13.2 Å². The topological polar surface area (TPSA) is 42.3 Å². The average Bonchev–Trinajstić information content (AvgIpc) is 2.71. The van der Waals surface area contributed by atoms with Crippen LogP contribution in [0.5, 0.6) is 0 Å². The van der Waals surface area contributed by atoms with E-state index < -0.39 is 28.9 Å². The van der Waals surface area contributed by atoms with Crippen LogP contribution in [0, 0.1) is 10.8 Å². The van der Waals surface area contributed by atoms with Gasteiger partial charge in [0.1, 0.15) is 11.6 Å². The molecule has 144 valence electrons. The number of likely N-dealkylation sites (tertiary alicyclic amines) is 1. The molecule has 0 N–H and O–H groups in total. The average molecular weight is 391 g/mol. The van der Waals surface area contributed by atoms with E-state index in [9.17, 15) is 22.8 Å². The van der Waals surface area contributed by atoms with E-state index in [0.717, 1.165) is 23.8 Å². The molecule has 4 nitrogen and oxygen atoms in total. The largest absolute Gasteiger partial charge is 0.417 e. The van der Waals surface area contributed by atoms with Gasteiger partial charge in [0.2, 0.25) is 5.91 Å². The molecular weight excluding hydrogens is 369 g/mol. The van der Waals surface area contributed by atoms with Crippen LogP contribution in [0.1, 0.15) is 45.6 Å². The van der Waals surface area contributed by atoms with E-state index in [1.54, 1.807) is 4.90 Å². The number of hydrogen-bond acceptors (Lipinski definition) is 2. The van der Waals surface area contributed by atoms with Crippen molar-refractivity contribution in [2.24, 2.45) is 10.8 Å². The van der Waals surface area contributed by atoms with Crippen LogP contribution in [0.25, 0.3) is 0 Å². The first kappa shape index (κ1) is 19.3. The molecule has 2 atom stereocenters. The zero-order valence-corrected chi connectivity index (χ0v) is 15.7. The van der Waals surface area contributed by atoms with Crippen molar-refractivity contribution >= 4 is 17.5 Å². The Kier molecular flexibility index (Phi) is 4.45. The maximum atomic E-state index is 13.0. The molecule has 1 saturated heterocycles.